The van der Waals surface area contributed by atoms with E-state index in [1.165, 1.54) is 12.1 Å². The number of benzene rings is 2. The van der Waals surface area contributed by atoms with E-state index in [2.05, 4.69) is 21.2 Å². The summed E-state index contributed by atoms with van der Waals surface area (Å²) in [5.41, 5.74) is 0.492. The van der Waals surface area contributed by atoms with Crippen LogP contribution in [0.5, 0.6) is 0 Å². The predicted molar refractivity (Wildman–Crippen MR) is 87.9 cm³/mol. The van der Waals surface area contributed by atoms with Gasteiger partial charge < -0.3 is 5.32 Å². The summed E-state index contributed by atoms with van der Waals surface area (Å²) in [6, 6.07) is 11.5. The first-order valence-corrected chi connectivity index (χ1v) is 7.36. The topological polar surface area (TPSA) is 72.2 Å². The summed E-state index contributed by atoms with van der Waals surface area (Å²) >= 11 is 5.21. The van der Waals surface area contributed by atoms with E-state index < -0.39 is 4.92 Å². The van der Waals surface area contributed by atoms with Gasteiger partial charge in [0.2, 0.25) is 0 Å². The Morgan fingerprint density at radius 3 is 2.60 bits per heavy atom. The van der Waals surface area contributed by atoms with Gasteiger partial charge in [0, 0.05) is 14.1 Å². The zero-order valence-electron chi connectivity index (χ0n) is 9.97. The van der Waals surface area contributed by atoms with E-state index in [1.54, 1.807) is 24.3 Å². The molecule has 2 aromatic rings. The lowest BCUT2D eigenvalue weighted by molar-refractivity contribution is -0.384. The molecule has 102 valence electrons. The largest absolute Gasteiger partial charge is 0.316 e. The molecule has 0 radical (unpaired) electrons. The minimum Gasteiger partial charge on any atom is -0.316 e. The second-order valence-electron chi connectivity index (χ2n) is 3.85. The third-order valence-corrected chi connectivity index (χ3v) is 3.96. The molecule has 0 fully saturated rings. The Kier molecular flexibility index (Phi) is 4.71. The Morgan fingerprint density at radius 2 is 1.95 bits per heavy atom. The van der Waals surface area contributed by atoms with Crippen LogP contribution in [0.4, 0.5) is 11.4 Å². The van der Waals surface area contributed by atoms with Gasteiger partial charge in [-0.3, -0.25) is 14.9 Å². The minimum absolute atomic E-state index is 0.154. The molecule has 2 rings (SSSR count). The molecule has 0 saturated heterocycles. The van der Waals surface area contributed by atoms with E-state index in [0.717, 1.165) is 3.57 Å². The second kappa shape index (κ2) is 6.31. The number of anilines is 1. The molecule has 0 unspecified atom stereocenters. The average Bonchev–Trinajstić information content (AvgIpc) is 2.41. The first-order chi connectivity index (χ1) is 9.49. The minimum atomic E-state index is -0.531. The van der Waals surface area contributed by atoms with Crippen molar-refractivity contribution in [2.75, 3.05) is 5.32 Å². The molecule has 0 spiro atoms. The highest BCUT2D eigenvalue weighted by Crippen LogP contribution is 2.28. The Labute approximate surface area is 136 Å². The van der Waals surface area contributed by atoms with Gasteiger partial charge in [0.25, 0.3) is 11.6 Å². The Bertz CT molecular complexity index is 691. The highest BCUT2D eigenvalue weighted by Gasteiger charge is 2.18. The highest BCUT2D eigenvalue weighted by molar-refractivity contribution is 14.1. The molecular weight excluding hydrogens is 439 g/mol. The lowest BCUT2D eigenvalue weighted by Crippen LogP contribution is -2.14. The molecule has 0 aliphatic carbocycles. The monoisotopic (exact) mass is 446 g/mol. The molecular formula is C13H8BrIN2O3. The Balaban J connectivity index is 2.33. The second-order valence-corrected chi connectivity index (χ2v) is 5.93. The van der Waals surface area contributed by atoms with E-state index in [0.29, 0.717) is 10.0 Å². The fourth-order valence-corrected chi connectivity index (χ4v) is 2.58. The van der Waals surface area contributed by atoms with Crippen LogP contribution in [0.2, 0.25) is 0 Å². The van der Waals surface area contributed by atoms with E-state index in [-0.39, 0.29) is 17.3 Å². The highest BCUT2D eigenvalue weighted by atomic mass is 127. The van der Waals surface area contributed by atoms with Crippen LogP contribution < -0.4 is 5.32 Å². The van der Waals surface area contributed by atoms with Crippen molar-refractivity contribution in [1.82, 2.24) is 0 Å². The van der Waals surface area contributed by atoms with Crippen molar-refractivity contribution in [2.45, 2.75) is 0 Å². The van der Waals surface area contributed by atoms with E-state index in [1.807, 2.05) is 28.7 Å². The number of halogens is 2. The van der Waals surface area contributed by atoms with E-state index >= 15 is 0 Å². The smallest absolute Gasteiger partial charge is 0.293 e. The number of nitrogens with one attached hydrogen (secondary N) is 1. The lowest BCUT2D eigenvalue weighted by atomic mass is 10.2. The van der Waals surface area contributed by atoms with Crippen LogP contribution in [0.3, 0.4) is 0 Å². The summed E-state index contributed by atoms with van der Waals surface area (Å²) in [7, 11) is 0. The number of nitrogens with zero attached hydrogens (tertiary/aromatic N) is 1. The van der Waals surface area contributed by atoms with Gasteiger partial charge in [-0.2, -0.15) is 0 Å². The lowest BCUT2D eigenvalue weighted by Gasteiger charge is -2.07. The molecule has 1 amide bonds. The maximum Gasteiger partial charge on any atom is 0.293 e. The van der Waals surface area contributed by atoms with E-state index in [4.69, 9.17) is 0 Å². The van der Waals surface area contributed by atoms with Gasteiger partial charge in [0.15, 0.2) is 0 Å². The first kappa shape index (κ1) is 14.9. The van der Waals surface area contributed by atoms with Crippen LogP contribution >= 0.6 is 38.5 Å². The number of nitro groups is 1. The first-order valence-electron chi connectivity index (χ1n) is 5.49. The molecule has 0 aliphatic rings. The number of carbonyl (C=O) groups excluding carboxylic acids is 1. The molecule has 20 heavy (non-hydrogen) atoms. The summed E-state index contributed by atoms with van der Waals surface area (Å²) in [6.45, 7) is 0. The zero-order valence-corrected chi connectivity index (χ0v) is 13.7. The number of rotatable bonds is 3. The average molecular weight is 447 g/mol. The molecule has 0 heterocycles. The van der Waals surface area contributed by atoms with Crippen LogP contribution in [0, 0.1) is 13.7 Å². The molecule has 0 aromatic heterocycles. The van der Waals surface area contributed by atoms with Crippen LogP contribution in [0.25, 0.3) is 0 Å². The third-order valence-electron chi connectivity index (χ3n) is 2.52. The van der Waals surface area contributed by atoms with Gasteiger partial charge in [-0.05, 0) is 46.9 Å². The van der Waals surface area contributed by atoms with Gasteiger partial charge in [-0.1, -0.05) is 28.1 Å². The van der Waals surface area contributed by atoms with E-state index in [9.17, 15) is 14.9 Å². The molecule has 0 atom stereocenters. The number of nitro benzene ring substituents is 1. The summed E-state index contributed by atoms with van der Waals surface area (Å²) in [6.07, 6.45) is 0. The molecule has 5 nitrogen and oxygen atoms in total. The van der Waals surface area contributed by atoms with Gasteiger partial charge in [0.05, 0.1) is 10.5 Å². The van der Waals surface area contributed by atoms with Crippen molar-refractivity contribution in [3.63, 3.8) is 0 Å². The molecule has 1 N–H and O–H groups in total. The fourth-order valence-electron chi connectivity index (χ4n) is 1.60. The fraction of sp³-hybridized carbons (Fsp3) is 0. The summed E-state index contributed by atoms with van der Waals surface area (Å²) in [4.78, 5) is 22.6. The van der Waals surface area contributed by atoms with Crippen molar-refractivity contribution < 1.29 is 9.72 Å². The van der Waals surface area contributed by atoms with Gasteiger partial charge in [-0.15, -0.1) is 0 Å². The van der Waals surface area contributed by atoms with Crippen LogP contribution in [0.1, 0.15) is 10.4 Å². The van der Waals surface area contributed by atoms with Gasteiger partial charge in [0.1, 0.15) is 5.69 Å². The van der Waals surface area contributed by atoms with Crippen LogP contribution in [-0.4, -0.2) is 10.8 Å². The molecule has 2 aromatic carbocycles. The molecule has 0 saturated carbocycles. The van der Waals surface area contributed by atoms with Crippen LogP contribution in [-0.2, 0) is 0 Å². The quantitative estimate of drug-likeness (QED) is 0.436. The predicted octanol–water partition coefficient (Wildman–Crippen LogP) is 4.21. The number of hydrogen-bond donors (Lipinski definition) is 1. The van der Waals surface area contributed by atoms with Crippen LogP contribution in [0.15, 0.2) is 46.9 Å². The summed E-state index contributed by atoms with van der Waals surface area (Å²) in [5.74, 6) is -0.375. The number of amides is 1. The molecule has 7 heteroatoms. The van der Waals surface area contributed by atoms with Crippen molar-refractivity contribution in [3.8, 4) is 0 Å². The number of hydrogen-bond acceptors (Lipinski definition) is 3. The summed E-state index contributed by atoms with van der Waals surface area (Å²) in [5, 5.41) is 13.6. The van der Waals surface area contributed by atoms with Crippen molar-refractivity contribution in [3.05, 3.63) is 66.2 Å². The Hall–Kier alpha value is -1.48. The maximum absolute atomic E-state index is 12.1. The van der Waals surface area contributed by atoms with Crippen molar-refractivity contribution in [2.24, 2.45) is 0 Å². The normalized spacial score (nSPS) is 10.1. The van der Waals surface area contributed by atoms with Gasteiger partial charge >= 0.3 is 0 Å². The van der Waals surface area contributed by atoms with Crippen molar-refractivity contribution >= 4 is 55.8 Å². The zero-order chi connectivity index (χ0) is 14.7. The standard InChI is InChI=1S/C13H8BrIN2O3/c14-8-5-6-11(12(7-8)17(19)20)16-13(18)9-3-1-2-4-10(9)15/h1-7H,(H,16,18). The maximum atomic E-state index is 12.1. The summed E-state index contributed by atoms with van der Waals surface area (Å²) < 4.78 is 1.36. The molecule has 0 bridgehead atoms. The van der Waals surface area contributed by atoms with Crippen molar-refractivity contribution in [1.29, 1.82) is 0 Å². The Morgan fingerprint density at radius 1 is 1.25 bits per heavy atom. The number of carbonyl (C=O) groups is 1. The van der Waals surface area contributed by atoms with Gasteiger partial charge in [-0.25, -0.2) is 0 Å². The molecule has 0 aliphatic heterocycles. The SMILES string of the molecule is O=C(Nc1ccc(Br)cc1[N+](=O)[O-])c1ccccc1I. The third kappa shape index (κ3) is 3.34.